The predicted molar refractivity (Wildman–Crippen MR) is 92.3 cm³/mol. The third kappa shape index (κ3) is 3.46. The van der Waals surface area contributed by atoms with Crippen LogP contribution in [0, 0.1) is 0 Å². The highest BCUT2D eigenvalue weighted by Gasteiger charge is 2.30. The second-order valence-electron chi connectivity index (χ2n) is 5.91. The van der Waals surface area contributed by atoms with E-state index in [1.54, 1.807) is 0 Å². The van der Waals surface area contributed by atoms with Crippen molar-refractivity contribution in [3.63, 3.8) is 0 Å². The van der Waals surface area contributed by atoms with Gasteiger partial charge in [0, 0.05) is 31.7 Å². The first-order valence-corrected chi connectivity index (χ1v) is 8.09. The van der Waals surface area contributed by atoms with Crippen LogP contribution in [0.4, 0.5) is 0 Å². The monoisotopic (exact) mass is 323 g/mol. The highest BCUT2D eigenvalue weighted by Crippen LogP contribution is 2.22. The van der Waals surface area contributed by atoms with Crippen molar-refractivity contribution in [2.24, 2.45) is 5.73 Å². The number of carbonyl (C=O) groups excluding carboxylic acids is 2. The lowest BCUT2D eigenvalue weighted by molar-refractivity contribution is -0.124. The van der Waals surface area contributed by atoms with Crippen LogP contribution in [0.1, 0.15) is 22.0 Å². The minimum atomic E-state index is -0.444. The van der Waals surface area contributed by atoms with Gasteiger partial charge in [-0.1, -0.05) is 48.5 Å². The van der Waals surface area contributed by atoms with Crippen molar-refractivity contribution in [3.05, 3.63) is 71.8 Å². The molecule has 1 heterocycles. The first-order chi connectivity index (χ1) is 11.7. The third-order valence-electron chi connectivity index (χ3n) is 4.37. The Labute approximate surface area is 141 Å². The number of hydrogen-bond donors (Lipinski definition) is 1. The molecule has 0 bridgehead atoms. The summed E-state index contributed by atoms with van der Waals surface area (Å²) in [6, 6.07) is 18.4. The van der Waals surface area contributed by atoms with Crippen LogP contribution in [-0.2, 0) is 4.79 Å². The van der Waals surface area contributed by atoms with E-state index in [1.807, 2.05) is 70.5 Å². The van der Waals surface area contributed by atoms with Gasteiger partial charge in [0.05, 0.1) is 0 Å². The second-order valence-corrected chi connectivity index (χ2v) is 5.91. The number of nitrogens with zero attached hydrogens (tertiary/aromatic N) is 2. The van der Waals surface area contributed by atoms with Crippen molar-refractivity contribution in [1.82, 2.24) is 9.80 Å². The van der Waals surface area contributed by atoms with Gasteiger partial charge in [-0.3, -0.25) is 14.5 Å². The van der Waals surface area contributed by atoms with Crippen LogP contribution in [0.5, 0.6) is 0 Å². The Morgan fingerprint density at radius 1 is 0.833 bits per heavy atom. The maximum absolute atomic E-state index is 12.5. The average molecular weight is 323 g/mol. The van der Waals surface area contributed by atoms with Crippen molar-refractivity contribution in [3.8, 4) is 0 Å². The lowest BCUT2D eigenvalue weighted by Gasteiger charge is -2.38. The van der Waals surface area contributed by atoms with Crippen LogP contribution in [0.15, 0.2) is 60.7 Å². The molecule has 1 unspecified atom stereocenters. The van der Waals surface area contributed by atoms with E-state index < -0.39 is 6.04 Å². The number of nitrogens with two attached hydrogens (primary N) is 1. The van der Waals surface area contributed by atoms with Gasteiger partial charge < -0.3 is 10.6 Å². The molecular formula is C19H21N3O2. The molecule has 124 valence electrons. The van der Waals surface area contributed by atoms with Gasteiger partial charge in [-0.15, -0.1) is 0 Å². The third-order valence-corrected chi connectivity index (χ3v) is 4.37. The Balaban J connectivity index is 1.68. The standard InChI is InChI=1S/C19H21N3O2/c20-18(23)17(15-7-3-1-4-8-15)21-11-13-22(14-12-21)19(24)16-9-5-2-6-10-16/h1-10,17H,11-14H2,(H2,20,23). The summed E-state index contributed by atoms with van der Waals surface area (Å²) in [6.45, 7) is 2.43. The Hall–Kier alpha value is -2.66. The highest BCUT2D eigenvalue weighted by atomic mass is 16.2. The Morgan fingerprint density at radius 3 is 1.92 bits per heavy atom. The summed E-state index contributed by atoms with van der Waals surface area (Å²) in [7, 11) is 0. The smallest absolute Gasteiger partial charge is 0.253 e. The molecule has 1 aliphatic rings. The van der Waals surface area contributed by atoms with E-state index >= 15 is 0 Å². The van der Waals surface area contributed by atoms with E-state index in [4.69, 9.17) is 5.73 Å². The lowest BCUT2D eigenvalue weighted by atomic mass is 10.0. The molecule has 2 N–H and O–H groups in total. The summed E-state index contributed by atoms with van der Waals surface area (Å²) >= 11 is 0. The maximum atomic E-state index is 12.5. The number of carbonyl (C=O) groups is 2. The van der Waals surface area contributed by atoms with Gasteiger partial charge in [0.1, 0.15) is 6.04 Å². The van der Waals surface area contributed by atoms with Gasteiger partial charge in [-0.05, 0) is 17.7 Å². The molecule has 0 saturated carbocycles. The van der Waals surface area contributed by atoms with Crippen LogP contribution >= 0.6 is 0 Å². The summed E-state index contributed by atoms with van der Waals surface area (Å²) in [4.78, 5) is 28.3. The van der Waals surface area contributed by atoms with Gasteiger partial charge in [-0.25, -0.2) is 0 Å². The zero-order valence-corrected chi connectivity index (χ0v) is 13.5. The molecule has 0 aromatic heterocycles. The Bertz CT molecular complexity index is 695. The van der Waals surface area contributed by atoms with Crippen LogP contribution in [0.3, 0.4) is 0 Å². The fraction of sp³-hybridized carbons (Fsp3) is 0.263. The van der Waals surface area contributed by atoms with Gasteiger partial charge in [0.25, 0.3) is 5.91 Å². The van der Waals surface area contributed by atoms with Crippen LogP contribution in [-0.4, -0.2) is 47.8 Å². The zero-order chi connectivity index (χ0) is 16.9. The summed E-state index contributed by atoms with van der Waals surface area (Å²) in [5.41, 5.74) is 7.21. The molecule has 0 spiro atoms. The number of hydrogen-bond acceptors (Lipinski definition) is 3. The topological polar surface area (TPSA) is 66.6 Å². The zero-order valence-electron chi connectivity index (χ0n) is 13.5. The molecule has 3 rings (SSSR count). The number of piperazine rings is 1. The van der Waals surface area contributed by atoms with Gasteiger partial charge in [0.2, 0.25) is 5.91 Å². The molecule has 0 radical (unpaired) electrons. The van der Waals surface area contributed by atoms with E-state index in [0.717, 1.165) is 5.56 Å². The van der Waals surface area contributed by atoms with Crippen LogP contribution < -0.4 is 5.73 Å². The molecule has 1 fully saturated rings. The van der Waals surface area contributed by atoms with Crippen LogP contribution in [0.25, 0.3) is 0 Å². The van der Waals surface area contributed by atoms with E-state index in [2.05, 4.69) is 0 Å². The number of benzene rings is 2. The van der Waals surface area contributed by atoms with Gasteiger partial charge >= 0.3 is 0 Å². The lowest BCUT2D eigenvalue weighted by Crippen LogP contribution is -2.51. The normalized spacial score (nSPS) is 16.6. The average Bonchev–Trinajstić information content (AvgIpc) is 2.63. The molecule has 24 heavy (non-hydrogen) atoms. The number of amides is 2. The summed E-state index contributed by atoms with van der Waals surface area (Å²) in [5, 5.41) is 0. The molecule has 5 nitrogen and oxygen atoms in total. The van der Waals surface area contributed by atoms with Crippen molar-refractivity contribution < 1.29 is 9.59 Å². The first kappa shape index (κ1) is 16.2. The molecule has 2 amide bonds. The maximum Gasteiger partial charge on any atom is 0.253 e. The van der Waals surface area contributed by atoms with E-state index in [0.29, 0.717) is 31.7 Å². The highest BCUT2D eigenvalue weighted by molar-refractivity contribution is 5.94. The van der Waals surface area contributed by atoms with Crippen LogP contribution in [0.2, 0.25) is 0 Å². The molecular weight excluding hydrogens is 302 g/mol. The van der Waals surface area contributed by atoms with Crippen molar-refractivity contribution >= 4 is 11.8 Å². The fourth-order valence-electron chi connectivity index (χ4n) is 3.14. The Kier molecular flexibility index (Phi) is 4.91. The molecule has 0 aliphatic carbocycles. The summed E-state index contributed by atoms with van der Waals surface area (Å²) in [6.07, 6.45) is 0. The minimum absolute atomic E-state index is 0.0330. The van der Waals surface area contributed by atoms with E-state index in [-0.39, 0.29) is 11.8 Å². The fourth-order valence-corrected chi connectivity index (χ4v) is 3.14. The molecule has 5 heteroatoms. The van der Waals surface area contributed by atoms with E-state index in [1.165, 1.54) is 0 Å². The molecule has 1 atom stereocenters. The molecule has 2 aromatic carbocycles. The SMILES string of the molecule is NC(=O)C(c1ccccc1)N1CCN(C(=O)c2ccccc2)CC1. The van der Waals surface area contributed by atoms with Crippen molar-refractivity contribution in [1.29, 1.82) is 0 Å². The largest absolute Gasteiger partial charge is 0.368 e. The first-order valence-electron chi connectivity index (χ1n) is 8.09. The summed E-state index contributed by atoms with van der Waals surface area (Å²) < 4.78 is 0. The van der Waals surface area contributed by atoms with Gasteiger partial charge in [0.15, 0.2) is 0 Å². The predicted octanol–water partition coefficient (Wildman–Crippen LogP) is 1.67. The van der Waals surface area contributed by atoms with Crippen molar-refractivity contribution in [2.75, 3.05) is 26.2 Å². The number of primary amides is 1. The minimum Gasteiger partial charge on any atom is -0.368 e. The molecule has 1 saturated heterocycles. The quantitative estimate of drug-likeness (QED) is 0.931. The van der Waals surface area contributed by atoms with Crippen molar-refractivity contribution in [2.45, 2.75) is 6.04 Å². The van der Waals surface area contributed by atoms with E-state index in [9.17, 15) is 9.59 Å². The Morgan fingerprint density at radius 2 is 1.38 bits per heavy atom. The van der Waals surface area contributed by atoms with Gasteiger partial charge in [-0.2, -0.15) is 0 Å². The molecule has 2 aromatic rings. The molecule has 1 aliphatic heterocycles. The number of rotatable bonds is 4. The summed E-state index contributed by atoms with van der Waals surface area (Å²) in [5.74, 6) is -0.324. The second kappa shape index (κ2) is 7.27.